The van der Waals surface area contributed by atoms with Crippen LogP contribution in [0.4, 0.5) is 5.69 Å². The van der Waals surface area contributed by atoms with E-state index >= 15 is 0 Å². The van der Waals surface area contributed by atoms with Crippen molar-refractivity contribution in [1.29, 1.82) is 5.41 Å². The summed E-state index contributed by atoms with van der Waals surface area (Å²) in [6.07, 6.45) is 0. The molecule has 0 unspecified atom stereocenters. The van der Waals surface area contributed by atoms with Crippen molar-refractivity contribution >= 4 is 23.1 Å². The molecular weight excluding hydrogens is 238 g/mol. The first-order valence-electron chi connectivity index (χ1n) is 5.49. The van der Waals surface area contributed by atoms with Gasteiger partial charge in [0.25, 0.3) is 0 Å². The van der Waals surface area contributed by atoms with Crippen LogP contribution in [0.1, 0.15) is 12.5 Å². The number of nitrogen functional groups attached to an aromatic ring is 1. The van der Waals surface area contributed by atoms with Gasteiger partial charge in [0.15, 0.2) is 0 Å². The predicted octanol–water partition coefficient (Wildman–Crippen LogP) is 2.10. The molecule has 1 aromatic carbocycles. The van der Waals surface area contributed by atoms with E-state index in [1.165, 1.54) is 0 Å². The average Bonchev–Trinajstić information content (AvgIpc) is 2.28. The Bertz CT molecular complexity index is 395. The zero-order chi connectivity index (χ0) is 12.8. The summed E-state index contributed by atoms with van der Waals surface area (Å²) in [5.41, 5.74) is 6.95. The van der Waals surface area contributed by atoms with Gasteiger partial charge >= 0.3 is 0 Å². The lowest BCUT2D eigenvalue weighted by atomic mass is 10.2. The monoisotopic (exact) mass is 255 g/mol. The van der Waals surface area contributed by atoms with Crippen molar-refractivity contribution in [3.8, 4) is 0 Å². The van der Waals surface area contributed by atoms with Crippen LogP contribution in [-0.2, 0) is 4.74 Å². The molecule has 3 N–H and O–H groups in total. The number of amidine groups is 1. The second kappa shape index (κ2) is 6.47. The van der Waals surface area contributed by atoms with Crippen LogP contribution in [0.5, 0.6) is 0 Å². The lowest BCUT2D eigenvalue weighted by Gasteiger charge is -2.20. The van der Waals surface area contributed by atoms with Gasteiger partial charge in [-0.3, -0.25) is 5.41 Å². The number of nitrogens with two attached hydrogens (primary N) is 1. The number of likely N-dealkylation sites (N-methyl/N-ethyl adjacent to an activating group) is 1. The van der Waals surface area contributed by atoms with Gasteiger partial charge in [0.1, 0.15) is 5.84 Å². The lowest BCUT2D eigenvalue weighted by molar-refractivity contribution is 0.154. The Morgan fingerprint density at radius 2 is 2.24 bits per heavy atom. The number of halogens is 1. The molecule has 0 heterocycles. The Kier molecular flexibility index (Phi) is 5.25. The highest BCUT2D eigenvalue weighted by atomic mass is 35.5. The van der Waals surface area contributed by atoms with Crippen molar-refractivity contribution in [3.05, 3.63) is 28.8 Å². The Morgan fingerprint density at radius 1 is 1.53 bits per heavy atom. The molecule has 0 saturated carbocycles. The molecule has 0 aliphatic carbocycles. The molecule has 0 fully saturated rings. The Hall–Kier alpha value is -1.26. The summed E-state index contributed by atoms with van der Waals surface area (Å²) in [5, 5.41) is 7.93. The number of rotatable bonds is 6. The molecule has 0 aliphatic rings. The fraction of sp³-hybridized carbons (Fsp3) is 0.417. The molecule has 94 valence electrons. The highest BCUT2D eigenvalue weighted by Crippen LogP contribution is 2.25. The minimum atomic E-state index is 0.0235. The first-order chi connectivity index (χ1) is 8.06. The van der Waals surface area contributed by atoms with E-state index < -0.39 is 0 Å². The zero-order valence-electron chi connectivity index (χ0n) is 10.2. The second-order valence-electron chi connectivity index (χ2n) is 3.70. The Morgan fingerprint density at radius 3 is 2.76 bits per heavy atom. The van der Waals surface area contributed by atoms with E-state index in [4.69, 9.17) is 27.5 Å². The van der Waals surface area contributed by atoms with Gasteiger partial charge in [0.2, 0.25) is 0 Å². The highest BCUT2D eigenvalue weighted by Gasteiger charge is 2.07. The average molecular weight is 256 g/mol. The second-order valence-corrected chi connectivity index (χ2v) is 4.11. The van der Waals surface area contributed by atoms with Crippen molar-refractivity contribution in [2.24, 2.45) is 5.73 Å². The molecule has 0 spiro atoms. The fourth-order valence-corrected chi connectivity index (χ4v) is 1.78. The van der Waals surface area contributed by atoms with Crippen molar-refractivity contribution in [1.82, 2.24) is 0 Å². The molecule has 17 heavy (non-hydrogen) atoms. The molecule has 0 aliphatic heterocycles. The lowest BCUT2D eigenvalue weighted by Crippen LogP contribution is -2.23. The van der Waals surface area contributed by atoms with Gasteiger partial charge in [0, 0.05) is 25.8 Å². The molecule has 4 nitrogen and oxygen atoms in total. The van der Waals surface area contributed by atoms with E-state index in [-0.39, 0.29) is 5.84 Å². The van der Waals surface area contributed by atoms with Gasteiger partial charge in [0.05, 0.1) is 17.3 Å². The first kappa shape index (κ1) is 13.8. The number of ether oxygens (including phenoxy) is 1. The van der Waals surface area contributed by atoms with E-state index in [0.29, 0.717) is 23.8 Å². The highest BCUT2D eigenvalue weighted by molar-refractivity contribution is 6.33. The fourth-order valence-electron chi connectivity index (χ4n) is 1.45. The Balaban J connectivity index is 2.74. The summed E-state index contributed by atoms with van der Waals surface area (Å²) in [6.45, 7) is 4.12. The van der Waals surface area contributed by atoms with Crippen molar-refractivity contribution in [2.75, 3.05) is 31.7 Å². The number of hydrogen-bond donors (Lipinski definition) is 2. The summed E-state index contributed by atoms with van der Waals surface area (Å²) in [6, 6.07) is 5.36. The standard InChI is InChI=1S/C12H18ClN3O/c1-3-17-7-6-16(2)11-5-4-9(12(14)15)8-10(11)13/h4-5,8H,3,6-7H2,1-2H3,(H3,14,15). The van der Waals surface area contributed by atoms with Crippen LogP contribution >= 0.6 is 11.6 Å². The minimum Gasteiger partial charge on any atom is -0.384 e. The van der Waals surface area contributed by atoms with Gasteiger partial charge in [-0.05, 0) is 25.1 Å². The summed E-state index contributed by atoms with van der Waals surface area (Å²) < 4.78 is 5.29. The van der Waals surface area contributed by atoms with Crippen LogP contribution in [0, 0.1) is 5.41 Å². The van der Waals surface area contributed by atoms with Gasteiger partial charge in [-0.25, -0.2) is 0 Å². The molecule has 0 atom stereocenters. The predicted molar refractivity (Wildman–Crippen MR) is 72.2 cm³/mol. The maximum absolute atomic E-state index is 7.33. The van der Waals surface area contributed by atoms with Crippen molar-refractivity contribution < 1.29 is 4.74 Å². The van der Waals surface area contributed by atoms with Crippen LogP contribution in [0.15, 0.2) is 18.2 Å². The van der Waals surface area contributed by atoms with Gasteiger partial charge in [-0.2, -0.15) is 0 Å². The van der Waals surface area contributed by atoms with E-state index in [0.717, 1.165) is 12.2 Å². The van der Waals surface area contributed by atoms with Crippen molar-refractivity contribution in [2.45, 2.75) is 6.92 Å². The maximum atomic E-state index is 7.33. The summed E-state index contributed by atoms with van der Waals surface area (Å²) in [7, 11) is 1.95. The third kappa shape index (κ3) is 3.91. The van der Waals surface area contributed by atoms with Crippen molar-refractivity contribution in [3.63, 3.8) is 0 Å². The van der Waals surface area contributed by atoms with Gasteiger partial charge in [-0.15, -0.1) is 0 Å². The molecule has 0 aromatic heterocycles. The Labute approximate surface area is 107 Å². The number of hydrogen-bond acceptors (Lipinski definition) is 3. The normalized spacial score (nSPS) is 10.3. The molecule has 0 amide bonds. The number of benzene rings is 1. The van der Waals surface area contributed by atoms with Gasteiger partial charge in [-0.1, -0.05) is 11.6 Å². The molecule has 1 aromatic rings. The number of anilines is 1. The SMILES string of the molecule is CCOCCN(C)c1ccc(C(=N)N)cc1Cl. The third-order valence-corrected chi connectivity index (χ3v) is 2.75. The summed E-state index contributed by atoms with van der Waals surface area (Å²) >= 11 is 6.15. The van der Waals surface area contributed by atoms with Crippen LogP contribution in [0.3, 0.4) is 0 Å². The summed E-state index contributed by atoms with van der Waals surface area (Å²) in [4.78, 5) is 2.02. The molecule has 0 saturated heterocycles. The van der Waals surface area contributed by atoms with Crippen LogP contribution in [-0.4, -0.2) is 32.6 Å². The minimum absolute atomic E-state index is 0.0235. The summed E-state index contributed by atoms with van der Waals surface area (Å²) in [5.74, 6) is 0.0235. The molecule has 5 heteroatoms. The maximum Gasteiger partial charge on any atom is 0.122 e. The number of nitrogens with zero attached hydrogens (tertiary/aromatic N) is 1. The van der Waals surface area contributed by atoms with Crippen LogP contribution in [0.25, 0.3) is 0 Å². The molecule has 1 rings (SSSR count). The molecule has 0 radical (unpaired) electrons. The van der Waals surface area contributed by atoms with E-state index in [9.17, 15) is 0 Å². The van der Waals surface area contributed by atoms with Crippen LogP contribution in [0.2, 0.25) is 5.02 Å². The molecule has 0 bridgehead atoms. The van der Waals surface area contributed by atoms with E-state index in [1.54, 1.807) is 12.1 Å². The zero-order valence-corrected chi connectivity index (χ0v) is 10.9. The third-order valence-electron chi connectivity index (χ3n) is 2.45. The largest absolute Gasteiger partial charge is 0.384 e. The van der Waals surface area contributed by atoms with E-state index in [1.807, 2.05) is 24.9 Å². The topological polar surface area (TPSA) is 62.3 Å². The van der Waals surface area contributed by atoms with Gasteiger partial charge < -0.3 is 15.4 Å². The molecular formula is C12H18ClN3O. The smallest absolute Gasteiger partial charge is 0.122 e. The van der Waals surface area contributed by atoms with Crippen LogP contribution < -0.4 is 10.6 Å². The first-order valence-corrected chi connectivity index (χ1v) is 5.87. The number of nitrogens with one attached hydrogen (secondary N) is 1. The quantitative estimate of drug-likeness (QED) is 0.465. The van der Waals surface area contributed by atoms with E-state index in [2.05, 4.69) is 0 Å².